The lowest BCUT2D eigenvalue weighted by Gasteiger charge is -2.39. The third kappa shape index (κ3) is 4.55. The van der Waals surface area contributed by atoms with Crippen LogP contribution < -0.4 is 0 Å². The topological polar surface area (TPSA) is 32.8 Å². The quantitative estimate of drug-likeness (QED) is 0.855. The molecule has 0 radical (unpaired) electrons. The van der Waals surface area contributed by atoms with E-state index < -0.39 is 5.41 Å². The summed E-state index contributed by atoms with van der Waals surface area (Å²) < 4.78 is 0. The first-order chi connectivity index (χ1) is 9.86. The molecule has 1 aromatic carbocycles. The molecule has 1 fully saturated rings. The molecule has 1 unspecified atom stereocenters. The molecule has 2 rings (SSSR count). The van der Waals surface area contributed by atoms with E-state index in [1.54, 1.807) is 0 Å². The summed E-state index contributed by atoms with van der Waals surface area (Å²) in [5.74, 6) is -0.162. The van der Waals surface area contributed by atoms with Crippen LogP contribution in [0.5, 0.6) is 0 Å². The van der Waals surface area contributed by atoms with Gasteiger partial charge in [-0.25, -0.2) is 4.79 Å². The SMILES string of the molecule is CN1CCN(OC(=O)C(C)(C)C)C(Cc2ccccc2)C1. The van der Waals surface area contributed by atoms with Gasteiger partial charge in [0.2, 0.25) is 0 Å². The van der Waals surface area contributed by atoms with Crippen LogP contribution in [-0.2, 0) is 16.1 Å². The lowest BCUT2D eigenvalue weighted by molar-refractivity contribution is -0.220. The van der Waals surface area contributed by atoms with Crippen LogP contribution in [0.1, 0.15) is 26.3 Å². The number of hydrogen-bond donors (Lipinski definition) is 0. The molecule has 0 bridgehead atoms. The van der Waals surface area contributed by atoms with Crippen molar-refractivity contribution in [1.29, 1.82) is 0 Å². The van der Waals surface area contributed by atoms with Crippen molar-refractivity contribution in [2.45, 2.75) is 33.2 Å². The van der Waals surface area contributed by atoms with Crippen molar-refractivity contribution in [2.24, 2.45) is 5.41 Å². The normalized spacial score (nSPS) is 21.2. The molecule has 0 amide bonds. The van der Waals surface area contributed by atoms with Crippen molar-refractivity contribution in [3.05, 3.63) is 35.9 Å². The average molecular weight is 290 g/mol. The van der Waals surface area contributed by atoms with Crippen molar-refractivity contribution in [3.63, 3.8) is 0 Å². The number of likely N-dealkylation sites (N-methyl/N-ethyl adjacent to an activating group) is 1. The van der Waals surface area contributed by atoms with Gasteiger partial charge in [-0.05, 0) is 39.8 Å². The maximum absolute atomic E-state index is 12.1. The summed E-state index contributed by atoms with van der Waals surface area (Å²) in [5.41, 5.74) is 0.801. The first kappa shape index (κ1) is 16.0. The van der Waals surface area contributed by atoms with Gasteiger partial charge in [-0.2, -0.15) is 0 Å². The zero-order valence-corrected chi connectivity index (χ0v) is 13.5. The van der Waals surface area contributed by atoms with E-state index >= 15 is 0 Å². The van der Waals surface area contributed by atoms with Gasteiger partial charge in [-0.3, -0.25) is 0 Å². The highest BCUT2D eigenvalue weighted by Gasteiger charge is 2.32. The van der Waals surface area contributed by atoms with Crippen LogP contribution in [0.4, 0.5) is 0 Å². The Morgan fingerprint density at radius 1 is 1.24 bits per heavy atom. The summed E-state index contributed by atoms with van der Waals surface area (Å²) in [6.07, 6.45) is 0.891. The minimum absolute atomic E-state index is 0.162. The second kappa shape index (κ2) is 6.58. The molecule has 0 aliphatic carbocycles. The van der Waals surface area contributed by atoms with Gasteiger partial charge < -0.3 is 9.74 Å². The zero-order valence-electron chi connectivity index (χ0n) is 13.5. The molecule has 21 heavy (non-hydrogen) atoms. The summed E-state index contributed by atoms with van der Waals surface area (Å²) in [4.78, 5) is 20.1. The van der Waals surface area contributed by atoms with Gasteiger partial charge in [0.15, 0.2) is 0 Å². The smallest absolute Gasteiger partial charge is 0.330 e. The first-order valence-corrected chi connectivity index (χ1v) is 7.58. The molecule has 1 heterocycles. The summed E-state index contributed by atoms with van der Waals surface area (Å²) in [6.45, 7) is 8.25. The summed E-state index contributed by atoms with van der Waals surface area (Å²) >= 11 is 0. The number of hydroxylamine groups is 2. The Balaban J connectivity index is 2.05. The van der Waals surface area contributed by atoms with E-state index in [-0.39, 0.29) is 12.0 Å². The molecular formula is C17H26N2O2. The van der Waals surface area contributed by atoms with Crippen LogP contribution in [0.25, 0.3) is 0 Å². The number of piperazine rings is 1. The van der Waals surface area contributed by atoms with Crippen LogP contribution >= 0.6 is 0 Å². The maximum Gasteiger partial charge on any atom is 0.330 e. The van der Waals surface area contributed by atoms with E-state index in [9.17, 15) is 4.79 Å². The van der Waals surface area contributed by atoms with Gasteiger partial charge in [0.1, 0.15) is 0 Å². The third-order valence-corrected chi connectivity index (χ3v) is 3.76. The Morgan fingerprint density at radius 2 is 1.90 bits per heavy atom. The standard InChI is InChI=1S/C17H26N2O2/c1-17(2,3)16(20)21-19-11-10-18(4)13-15(19)12-14-8-6-5-7-9-14/h5-9,15H,10-13H2,1-4H3. The number of rotatable bonds is 3. The number of hydrogen-bond acceptors (Lipinski definition) is 4. The molecule has 0 saturated carbocycles. The fourth-order valence-electron chi connectivity index (χ4n) is 2.41. The van der Waals surface area contributed by atoms with Crippen molar-refractivity contribution in [2.75, 3.05) is 26.7 Å². The maximum atomic E-state index is 12.1. The van der Waals surface area contributed by atoms with E-state index in [0.29, 0.717) is 0 Å². The Hall–Kier alpha value is -1.39. The molecule has 4 nitrogen and oxygen atoms in total. The average Bonchev–Trinajstić information content (AvgIpc) is 2.42. The van der Waals surface area contributed by atoms with Crippen LogP contribution in [0.3, 0.4) is 0 Å². The molecule has 4 heteroatoms. The van der Waals surface area contributed by atoms with E-state index in [1.807, 2.05) is 44.0 Å². The van der Waals surface area contributed by atoms with Crippen LogP contribution in [0.2, 0.25) is 0 Å². The summed E-state index contributed by atoms with van der Waals surface area (Å²) in [6, 6.07) is 10.6. The van der Waals surface area contributed by atoms with Gasteiger partial charge in [0.05, 0.1) is 11.5 Å². The molecule has 116 valence electrons. The highest BCUT2D eigenvalue weighted by Crippen LogP contribution is 2.20. The minimum Gasteiger partial charge on any atom is -0.367 e. The highest BCUT2D eigenvalue weighted by molar-refractivity contribution is 5.75. The second-order valence-corrected chi connectivity index (χ2v) is 6.88. The molecular weight excluding hydrogens is 264 g/mol. The Bertz CT molecular complexity index is 467. The lowest BCUT2D eigenvalue weighted by atomic mass is 9.97. The second-order valence-electron chi connectivity index (χ2n) is 6.88. The number of nitrogens with zero attached hydrogens (tertiary/aromatic N) is 2. The fraction of sp³-hybridized carbons (Fsp3) is 0.588. The van der Waals surface area contributed by atoms with E-state index in [0.717, 1.165) is 26.1 Å². The van der Waals surface area contributed by atoms with Crippen molar-refractivity contribution < 1.29 is 9.63 Å². The third-order valence-electron chi connectivity index (χ3n) is 3.76. The van der Waals surface area contributed by atoms with Crippen molar-refractivity contribution in [1.82, 2.24) is 9.96 Å². The Labute approximate surface area is 127 Å². The Morgan fingerprint density at radius 3 is 2.52 bits per heavy atom. The van der Waals surface area contributed by atoms with Gasteiger partial charge in [0.25, 0.3) is 0 Å². The van der Waals surface area contributed by atoms with Crippen molar-refractivity contribution >= 4 is 5.97 Å². The van der Waals surface area contributed by atoms with E-state index in [2.05, 4.69) is 24.1 Å². The first-order valence-electron chi connectivity index (χ1n) is 7.58. The Kier molecular flexibility index (Phi) is 5.01. The molecule has 0 N–H and O–H groups in total. The van der Waals surface area contributed by atoms with Crippen LogP contribution in [0.15, 0.2) is 30.3 Å². The van der Waals surface area contributed by atoms with Crippen molar-refractivity contribution in [3.8, 4) is 0 Å². The molecule has 1 saturated heterocycles. The monoisotopic (exact) mass is 290 g/mol. The zero-order chi connectivity index (χ0) is 15.5. The summed E-state index contributed by atoms with van der Waals surface area (Å²) in [7, 11) is 2.11. The number of carbonyl (C=O) groups is 1. The molecule has 1 atom stereocenters. The van der Waals surface area contributed by atoms with E-state index in [1.165, 1.54) is 5.56 Å². The predicted molar refractivity (Wildman–Crippen MR) is 83.7 cm³/mol. The minimum atomic E-state index is -0.472. The molecule has 1 aliphatic heterocycles. The fourth-order valence-corrected chi connectivity index (χ4v) is 2.41. The highest BCUT2D eigenvalue weighted by atomic mass is 16.7. The summed E-state index contributed by atoms with van der Waals surface area (Å²) in [5, 5.41) is 1.88. The van der Waals surface area contributed by atoms with Gasteiger partial charge >= 0.3 is 5.97 Å². The van der Waals surface area contributed by atoms with E-state index in [4.69, 9.17) is 4.84 Å². The molecule has 1 aromatic rings. The van der Waals surface area contributed by atoms with Gasteiger partial charge in [-0.1, -0.05) is 30.3 Å². The largest absolute Gasteiger partial charge is 0.367 e. The predicted octanol–water partition coefficient (Wildman–Crippen LogP) is 2.35. The lowest BCUT2D eigenvalue weighted by Crippen LogP contribution is -2.53. The molecule has 0 spiro atoms. The molecule has 1 aliphatic rings. The van der Waals surface area contributed by atoms with Crippen LogP contribution in [-0.4, -0.2) is 48.7 Å². The number of carbonyl (C=O) groups excluding carboxylic acids is 1. The van der Waals surface area contributed by atoms with Gasteiger partial charge in [0, 0.05) is 19.6 Å². The number of benzene rings is 1. The van der Waals surface area contributed by atoms with Crippen LogP contribution in [0, 0.1) is 5.41 Å². The van der Waals surface area contributed by atoms with Gasteiger partial charge in [-0.15, -0.1) is 5.06 Å². The molecule has 0 aromatic heterocycles.